The number of fused-ring (bicyclic) bond motifs is 1. The number of aryl methyl sites for hydroxylation is 2. The second-order valence-electron chi connectivity index (χ2n) is 7.28. The van der Waals surface area contributed by atoms with Crippen LogP contribution < -0.4 is 5.46 Å². The van der Waals surface area contributed by atoms with Crippen molar-refractivity contribution >= 4 is 12.6 Å². The molecule has 2 aliphatic rings. The molecule has 0 unspecified atom stereocenters. The molecule has 0 saturated carbocycles. The van der Waals surface area contributed by atoms with Gasteiger partial charge in [-0.05, 0) is 53.4 Å². The van der Waals surface area contributed by atoms with Crippen LogP contribution in [0.4, 0.5) is 0 Å². The van der Waals surface area contributed by atoms with Gasteiger partial charge >= 0.3 is 7.12 Å². The lowest BCUT2D eigenvalue weighted by atomic mass is 9.75. The van der Waals surface area contributed by atoms with Gasteiger partial charge in [0.25, 0.3) is 0 Å². The fourth-order valence-electron chi connectivity index (χ4n) is 3.24. The van der Waals surface area contributed by atoms with Crippen LogP contribution in [0.2, 0.25) is 0 Å². The third-order valence-corrected chi connectivity index (χ3v) is 5.28. The van der Waals surface area contributed by atoms with Crippen molar-refractivity contribution in [2.45, 2.75) is 84.5 Å². The molecule has 3 rings (SSSR count). The van der Waals surface area contributed by atoms with Crippen molar-refractivity contribution in [1.29, 1.82) is 0 Å². The molecule has 4 nitrogen and oxygen atoms in total. The van der Waals surface area contributed by atoms with Crippen LogP contribution in [0.15, 0.2) is 0 Å². The molecule has 5 heteroatoms. The van der Waals surface area contributed by atoms with Crippen molar-refractivity contribution in [3.63, 3.8) is 0 Å². The van der Waals surface area contributed by atoms with Gasteiger partial charge in [0, 0.05) is 17.7 Å². The van der Waals surface area contributed by atoms with E-state index in [1.807, 2.05) is 0 Å². The monoisotopic (exact) mass is 290 g/mol. The van der Waals surface area contributed by atoms with Crippen LogP contribution in [0.5, 0.6) is 0 Å². The standard InChI is InChI=1S/C16H27BN2O2/c1-6-12-14(13-10-8-7-9-11-19(13)18-12)17-20-15(2,3)16(4,5)21-17/h6-11H2,1-5H3. The summed E-state index contributed by atoms with van der Waals surface area (Å²) in [5, 5.41) is 4.83. The van der Waals surface area contributed by atoms with E-state index in [1.165, 1.54) is 30.4 Å². The molecule has 0 bridgehead atoms. The summed E-state index contributed by atoms with van der Waals surface area (Å²) in [5.41, 5.74) is 3.11. The van der Waals surface area contributed by atoms with E-state index >= 15 is 0 Å². The van der Waals surface area contributed by atoms with Gasteiger partial charge in [-0.25, -0.2) is 0 Å². The van der Waals surface area contributed by atoms with Crippen LogP contribution >= 0.6 is 0 Å². The smallest absolute Gasteiger partial charge is 0.399 e. The average molecular weight is 290 g/mol. The zero-order valence-electron chi connectivity index (χ0n) is 14.0. The van der Waals surface area contributed by atoms with Gasteiger partial charge in [-0.3, -0.25) is 4.68 Å². The van der Waals surface area contributed by atoms with E-state index in [9.17, 15) is 0 Å². The third-order valence-electron chi connectivity index (χ3n) is 5.28. The maximum Gasteiger partial charge on any atom is 0.498 e. The van der Waals surface area contributed by atoms with Crippen LogP contribution in [0, 0.1) is 0 Å². The lowest BCUT2D eigenvalue weighted by molar-refractivity contribution is 0.00578. The molecule has 1 aromatic heterocycles. The minimum absolute atomic E-state index is 0.271. The van der Waals surface area contributed by atoms with E-state index in [4.69, 9.17) is 14.4 Å². The number of nitrogens with zero attached hydrogens (tertiary/aromatic N) is 2. The van der Waals surface area contributed by atoms with E-state index in [0.29, 0.717) is 0 Å². The summed E-state index contributed by atoms with van der Waals surface area (Å²) in [6.07, 6.45) is 5.77. The van der Waals surface area contributed by atoms with Crippen molar-refractivity contribution < 1.29 is 9.31 Å². The Hall–Kier alpha value is -0.805. The third kappa shape index (κ3) is 2.44. The Bertz CT molecular complexity index is 521. The van der Waals surface area contributed by atoms with Gasteiger partial charge in [0.05, 0.1) is 16.9 Å². The molecule has 0 radical (unpaired) electrons. The van der Waals surface area contributed by atoms with Crippen molar-refractivity contribution in [2.75, 3.05) is 0 Å². The molecule has 0 atom stereocenters. The van der Waals surface area contributed by atoms with Gasteiger partial charge in [-0.15, -0.1) is 0 Å². The first-order chi connectivity index (χ1) is 9.86. The van der Waals surface area contributed by atoms with Gasteiger partial charge < -0.3 is 9.31 Å². The molecule has 0 amide bonds. The summed E-state index contributed by atoms with van der Waals surface area (Å²) in [4.78, 5) is 0. The second-order valence-corrected chi connectivity index (χ2v) is 7.28. The van der Waals surface area contributed by atoms with Crippen molar-refractivity contribution in [3.05, 3.63) is 11.4 Å². The normalized spacial score (nSPS) is 24.0. The first-order valence-electron chi connectivity index (χ1n) is 8.30. The molecule has 0 spiro atoms. The molecule has 2 aliphatic heterocycles. The van der Waals surface area contributed by atoms with Gasteiger partial charge in [-0.2, -0.15) is 5.10 Å². The summed E-state index contributed by atoms with van der Waals surface area (Å²) in [6.45, 7) is 11.6. The van der Waals surface area contributed by atoms with Crippen LogP contribution in [0.25, 0.3) is 0 Å². The van der Waals surface area contributed by atoms with E-state index < -0.39 is 0 Å². The summed E-state index contributed by atoms with van der Waals surface area (Å²) >= 11 is 0. The van der Waals surface area contributed by atoms with Gasteiger partial charge in [0.1, 0.15) is 0 Å². The summed E-state index contributed by atoms with van der Waals surface area (Å²) in [7, 11) is -0.271. The number of hydrogen-bond acceptors (Lipinski definition) is 3. The molecule has 3 heterocycles. The van der Waals surface area contributed by atoms with Gasteiger partial charge in [0.2, 0.25) is 0 Å². The molecule has 0 aromatic carbocycles. The summed E-state index contributed by atoms with van der Waals surface area (Å²) < 4.78 is 14.8. The quantitative estimate of drug-likeness (QED) is 0.785. The second kappa shape index (κ2) is 5.13. The SMILES string of the molecule is CCc1nn2c(c1B1OC(C)(C)C(C)(C)O1)CCCCC2. The van der Waals surface area contributed by atoms with E-state index in [0.717, 1.165) is 25.1 Å². The highest BCUT2D eigenvalue weighted by Crippen LogP contribution is 2.37. The van der Waals surface area contributed by atoms with Gasteiger partial charge in [-0.1, -0.05) is 13.3 Å². The fourth-order valence-corrected chi connectivity index (χ4v) is 3.24. The molecule has 21 heavy (non-hydrogen) atoms. The first-order valence-corrected chi connectivity index (χ1v) is 8.30. The van der Waals surface area contributed by atoms with Crippen LogP contribution in [0.1, 0.15) is 65.3 Å². The van der Waals surface area contributed by atoms with E-state index in [2.05, 4.69) is 39.3 Å². The zero-order valence-corrected chi connectivity index (χ0v) is 14.0. The molecule has 1 fully saturated rings. The topological polar surface area (TPSA) is 36.3 Å². The molecule has 116 valence electrons. The van der Waals surface area contributed by atoms with Crippen LogP contribution in [0.3, 0.4) is 0 Å². The number of hydrogen-bond donors (Lipinski definition) is 0. The van der Waals surface area contributed by atoms with Crippen LogP contribution in [-0.4, -0.2) is 28.1 Å². The maximum absolute atomic E-state index is 6.28. The predicted molar refractivity (Wildman–Crippen MR) is 84.9 cm³/mol. The molecule has 1 aromatic rings. The van der Waals surface area contributed by atoms with E-state index in [-0.39, 0.29) is 18.3 Å². The largest absolute Gasteiger partial charge is 0.498 e. The first kappa shape index (κ1) is 15.1. The Labute approximate surface area is 128 Å². The lowest BCUT2D eigenvalue weighted by Crippen LogP contribution is -2.41. The fraction of sp³-hybridized carbons (Fsp3) is 0.812. The summed E-state index contributed by atoms with van der Waals surface area (Å²) in [5.74, 6) is 0. The molecule has 0 aliphatic carbocycles. The Balaban J connectivity index is 2.01. The molecular weight excluding hydrogens is 263 g/mol. The van der Waals surface area contributed by atoms with Crippen LogP contribution in [-0.2, 0) is 28.7 Å². The minimum Gasteiger partial charge on any atom is -0.399 e. The molecular formula is C16H27BN2O2. The lowest BCUT2D eigenvalue weighted by Gasteiger charge is -2.32. The molecule has 1 saturated heterocycles. The Morgan fingerprint density at radius 1 is 1.10 bits per heavy atom. The minimum atomic E-state index is -0.289. The number of rotatable bonds is 2. The summed E-state index contributed by atoms with van der Waals surface area (Å²) in [6, 6.07) is 0. The van der Waals surface area contributed by atoms with Crippen molar-refractivity contribution in [3.8, 4) is 0 Å². The number of aromatic nitrogens is 2. The highest BCUT2D eigenvalue weighted by atomic mass is 16.7. The maximum atomic E-state index is 6.28. The average Bonchev–Trinajstić information content (AvgIpc) is 2.73. The highest BCUT2D eigenvalue weighted by Gasteiger charge is 2.53. The Morgan fingerprint density at radius 2 is 1.76 bits per heavy atom. The van der Waals surface area contributed by atoms with Gasteiger partial charge in [0.15, 0.2) is 0 Å². The highest BCUT2D eigenvalue weighted by molar-refractivity contribution is 6.63. The zero-order chi connectivity index (χ0) is 15.3. The Morgan fingerprint density at radius 3 is 2.38 bits per heavy atom. The molecule has 0 N–H and O–H groups in total. The predicted octanol–water partition coefficient (Wildman–Crippen LogP) is 2.47. The van der Waals surface area contributed by atoms with E-state index in [1.54, 1.807) is 0 Å². The van der Waals surface area contributed by atoms with Crippen molar-refractivity contribution in [2.24, 2.45) is 0 Å². The Kier molecular flexibility index (Phi) is 3.69. The van der Waals surface area contributed by atoms with Crippen molar-refractivity contribution in [1.82, 2.24) is 9.78 Å².